The second kappa shape index (κ2) is 9.72. The van der Waals surface area contributed by atoms with Crippen LogP contribution in [0.1, 0.15) is 49.7 Å². The van der Waals surface area contributed by atoms with E-state index in [0.29, 0.717) is 13.0 Å². The number of aliphatic carboxylic acids is 1. The molecule has 3 aliphatic carbocycles. The van der Waals surface area contributed by atoms with Gasteiger partial charge in [-0.2, -0.15) is 0 Å². The second-order valence-corrected chi connectivity index (χ2v) is 10.0. The molecule has 0 spiro atoms. The van der Waals surface area contributed by atoms with Crippen LogP contribution < -0.4 is 5.32 Å². The number of fused-ring (bicyclic) bond motifs is 5. The summed E-state index contributed by atoms with van der Waals surface area (Å²) < 4.78 is 5.74. The summed E-state index contributed by atoms with van der Waals surface area (Å²) in [6.07, 6.45) is 2.97. The first-order chi connectivity index (χ1) is 17.0. The second-order valence-electron chi connectivity index (χ2n) is 10.0. The Hall–Kier alpha value is -3.35. The van der Waals surface area contributed by atoms with E-state index in [4.69, 9.17) is 4.74 Å². The zero-order valence-corrected chi connectivity index (χ0v) is 20.0. The number of alkyl carbamates (subject to hydrolysis) is 1. The highest BCUT2D eigenvalue weighted by Gasteiger charge is 2.52. The number of carbonyl (C=O) groups is 3. The van der Waals surface area contributed by atoms with Gasteiger partial charge in [0.25, 0.3) is 0 Å². The van der Waals surface area contributed by atoms with Gasteiger partial charge in [0.2, 0.25) is 5.91 Å². The molecule has 35 heavy (non-hydrogen) atoms. The van der Waals surface area contributed by atoms with Crippen LogP contribution in [0.4, 0.5) is 4.79 Å². The van der Waals surface area contributed by atoms with Gasteiger partial charge in [-0.1, -0.05) is 55.5 Å². The zero-order chi connectivity index (χ0) is 24.5. The molecule has 7 nitrogen and oxygen atoms in total. The zero-order valence-electron chi connectivity index (χ0n) is 20.0. The lowest BCUT2D eigenvalue weighted by Crippen LogP contribution is -2.52. The molecule has 3 aliphatic rings. The average Bonchev–Trinajstić information content (AvgIpc) is 3.54. The fourth-order valence-corrected chi connectivity index (χ4v) is 6.54. The van der Waals surface area contributed by atoms with Crippen LogP contribution in [0.2, 0.25) is 0 Å². The molecule has 2 aromatic carbocycles. The number of hydrogen-bond acceptors (Lipinski definition) is 4. The molecule has 184 valence electrons. The Kier molecular flexibility index (Phi) is 6.50. The molecule has 2 fully saturated rings. The van der Waals surface area contributed by atoms with Crippen LogP contribution in [-0.4, -0.2) is 53.7 Å². The van der Waals surface area contributed by atoms with Crippen molar-refractivity contribution in [3.63, 3.8) is 0 Å². The molecule has 2 amide bonds. The molecule has 0 aliphatic heterocycles. The van der Waals surface area contributed by atoms with E-state index in [1.54, 1.807) is 0 Å². The van der Waals surface area contributed by atoms with Gasteiger partial charge < -0.3 is 20.1 Å². The number of nitrogens with zero attached hydrogens (tertiary/aromatic N) is 1. The number of carbonyl (C=O) groups excluding carboxylic acids is 2. The average molecular weight is 477 g/mol. The molecule has 0 aromatic heterocycles. The fourth-order valence-electron chi connectivity index (χ4n) is 6.54. The van der Waals surface area contributed by atoms with Crippen molar-refractivity contribution in [2.75, 3.05) is 19.7 Å². The van der Waals surface area contributed by atoms with Gasteiger partial charge in [0, 0.05) is 18.5 Å². The third-order valence-electron chi connectivity index (χ3n) is 7.96. The Morgan fingerprint density at radius 1 is 1.00 bits per heavy atom. The Morgan fingerprint density at radius 3 is 2.26 bits per heavy atom. The van der Waals surface area contributed by atoms with Gasteiger partial charge in [0.05, 0.1) is 5.92 Å². The Labute approximate surface area is 205 Å². The fraction of sp³-hybridized carbons (Fsp3) is 0.464. The van der Waals surface area contributed by atoms with Gasteiger partial charge in [-0.25, -0.2) is 4.79 Å². The van der Waals surface area contributed by atoms with Crippen LogP contribution in [0.5, 0.6) is 0 Å². The van der Waals surface area contributed by atoms with Crippen molar-refractivity contribution in [3.8, 4) is 11.1 Å². The van der Waals surface area contributed by atoms with E-state index >= 15 is 0 Å². The van der Waals surface area contributed by atoms with Gasteiger partial charge in [-0.3, -0.25) is 9.59 Å². The van der Waals surface area contributed by atoms with E-state index in [0.717, 1.165) is 30.4 Å². The highest BCUT2D eigenvalue weighted by atomic mass is 16.5. The van der Waals surface area contributed by atoms with Gasteiger partial charge in [0.15, 0.2) is 0 Å². The van der Waals surface area contributed by atoms with E-state index in [2.05, 4.69) is 29.6 Å². The smallest absolute Gasteiger partial charge is 0.407 e. The van der Waals surface area contributed by atoms with Crippen LogP contribution in [0.15, 0.2) is 48.5 Å². The van der Waals surface area contributed by atoms with Crippen LogP contribution in [0.25, 0.3) is 11.1 Å². The monoisotopic (exact) mass is 476 g/mol. The third-order valence-corrected chi connectivity index (χ3v) is 7.96. The summed E-state index contributed by atoms with van der Waals surface area (Å²) >= 11 is 0. The summed E-state index contributed by atoms with van der Waals surface area (Å²) in [5.41, 5.74) is 4.65. The number of hydrogen-bond donors (Lipinski definition) is 2. The van der Waals surface area contributed by atoms with Crippen LogP contribution in [0, 0.1) is 17.8 Å². The van der Waals surface area contributed by atoms with Gasteiger partial charge in [0.1, 0.15) is 13.2 Å². The van der Waals surface area contributed by atoms with Gasteiger partial charge in [-0.15, -0.1) is 0 Å². The minimum absolute atomic E-state index is 0.0266. The molecular formula is C28H32N2O5. The Morgan fingerprint density at radius 2 is 1.63 bits per heavy atom. The quantitative estimate of drug-likeness (QED) is 0.593. The van der Waals surface area contributed by atoms with Crippen LogP contribution in [-0.2, 0) is 14.3 Å². The lowest BCUT2D eigenvalue weighted by atomic mass is 9.83. The van der Waals surface area contributed by atoms with Crippen molar-refractivity contribution >= 4 is 18.0 Å². The van der Waals surface area contributed by atoms with Crippen molar-refractivity contribution in [2.45, 2.75) is 44.6 Å². The highest BCUT2D eigenvalue weighted by Crippen LogP contribution is 2.49. The molecule has 5 rings (SSSR count). The molecule has 7 heteroatoms. The van der Waals surface area contributed by atoms with Crippen molar-refractivity contribution in [2.24, 2.45) is 17.8 Å². The molecule has 2 bridgehead atoms. The largest absolute Gasteiger partial charge is 0.480 e. The normalized spacial score (nSPS) is 24.0. The number of benzene rings is 2. The van der Waals surface area contributed by atoms with Crippen molar-refractivity contribution in [1.82, 2.24) is 10.2 Å². The lowest BCUT2D eigenvalue weighted by Gasteiger charge is -2.34. The summed E-state index contributed by atoms with van der Waals surface area (Å²) in [4.78, 5) is 39.1. The maximum absolute atomic E-state index is 13.4. The molecule has 0 radical (unpaired) electrons. The minimum atomic E-state index is -1.02. The number of ether oxygens (including phenoxy) is 1. The maximum Gasteiger partial charge on any atom is 0.407 e. The van der Waals surface area contributed by atoms with Crippen LogP contribution in [0.3, 0.4) is 0 Å². The first kappa shape index (κ1) is 23.4. The molecule has 2 aromatic rings. The van der Waals surface area contributed by atoms with Crippen LogP contribution >= 0.6 is 0 Å². The number of carboxylic acids is 1. The SMILES string of the molecule is CCCN(CC(=O)O)C(=O)C1C2CCC(C2)C1NC(=O)OCC1c2ccccc2-c2ccccc21. The standard InChI is InChI=1S/C28H32N2O5/c1-2-13-30(15-24(31)32)27(33)25-17-11-12-18(14-17)26(25)29-28(34)35-16-23-21-9-5-3-7-19(21)20-8-4-6-10-22(20)23/h3-10,17-18,23,25-26H,2,11-16H2,1H3,(H,29,34)(H,31,32). The van der Waals surface area contributed by atoms with Gasteiger partial charge >= 0.3 is 12.1 Å². The third kappa shape index (κ3) is 4.40. The van der Waals surface area contributed by atoms with Crippen molar-refractivity contribution in [1.29, 1.82) is 0 Å². The molecule has 0 saturated heterocycles. The molecule has 2 N–H and O–H groups in total. The molecular weight excluding hydrogens is 444 g/mol. The van der Waals surface area contributed by atoms with E-state index in [1.165, 1.54) is 16.0 Å². The first-order valence-corrected chi connectivity index (χ1v) is 12.6. The van der Waals surface area contributed by atoms with Crippen molar-refractivity contribution < 1.29 is 24.2 Å². The highest BCUT2D eigenvalue weighted by molar-refractivity contribution is 5.85. The predicted octanol–water partition coefficient (Wildman–Crippen LogP) is 4.26. The maximum atomic E-state index is 13.4. The number of carboxylic acid groups (broad SMARTS) is 1. The predicted molar refractivity (Wildman–Crippen MR) is 131 cm³/mol. The summed E-state index contributed by atoms with van der Waals surface area (Å²) in [6, 6.07) is 16.1. The van der Waals surface area contributed by atoms with E-state index in [-0.39, 0.29) is 48.8 Å². The minimum Gasteiger partial charge on any atom is -0.480 e. The summed E-state index contributed by atoms with van der Waals surface area (Å²) in [5.74, 6) is -1.19. The Bertz CT molecular complexity index is 1090. The first-order valence-electron chi connectivity index (χ1n) is 12.6. The summed E-state index contributed by atoms with van der Waals surface area (Å²) in [7, 11) is 0. The molecule has 4 unspecified atom stereocenters. The number of rotatable bonds is 8. The molecule has 4 atom stereocenters. The van der Waals surface area contributed by atoms with E-state index in [1.807, 2.05) is 31.2 Å². The number of amides is 2. The molecule has 2 saturated carbocycles. The van der Waals surface area contributed by atoms with E-state index in [9.17, 15) is 19.5 Å². The summed E-state index contributed by atoms with van der Waals surface area (Å²) in [6.45, 7) is 2.24. The lowest BCUT2D eigenvalue weighted by molar-refractivity contribution is -0.147. The van der Waals surface area contributed by atoms with Crippen molar-refractivity contribution in [3.05, 3.63) is 59.7 Å². The number of nitrogens with one attached hydrogen (secondary N) is 1. The van der Waals surface area contributed by atoms with E-state index < -0.39 is 12.1 Å². The summed E-state index contributed by atoms with van der Waals surface area (Å²) in [5, 5.41) is 12.3. The topological polar surface area (TPSA) is 95.9 Å². The Balaban J connectivity index is 1.27. The molecule has 0 heterocycles. The van der Waals surface area contributed by atoms with Gasteiger partial charge in [-0.05, 0) is 59.8 Å².